The van der Waals surface area contributed by atoms with Gasteiger partial charge in [-0.25, -0.2) is 13.9 Å². The molecule has 0 fully saturated rings. The summed E-state index contributed by atoms with van der Waals surface area (Å²) in [4.78, 5) is 4.69. The van der Waals surface area contributed by atoms with Crippen molar-refractivity contribution in [1.29, 1.82) is 0 Å². The molecule has 24 heavy (non-hydrogen) atoms. The summed E-state index contributed by atoms with van der Waals surface area (Å²) in [5.41, 5.74) is 2.94. The Morgan fingerprint density at radius 2 is 1.96 bits per heavy atom. The second-order valence-electron chi connectivity index (χ2n) is 5.49. The molecule has 0 atom stereocenters. The number of fused-ring (bicyclic) bond motifs is 1. The summed E-state index contributed by atoms with van der Waals surface area (Å²) in [5, 5.41) is 1.42. The number of benzene rings is 2. The number of thiazole rings is 1. The Hall–Kier alpha value is -2.30. The van der Waals surface area contributed by atoms with Crippen molar-refractivity contribution in [3.05, 3.63) is 83.4 Å². The third-order valence-corrected chi connectivity index (χ3v) is 5.20. The maximum atomic E-state index is 13.2. The molecule has 118 valence electrons. The number of halogens is 2. The normalized spacial score (nSPS) is 11.1. The van der Waals surface area contributed by atoms with Crippen LogP contribution in [0.25, 0.3) is 20.8 Å². The fourth-order valence-electron chi connectivity index (χ4n) is 2.59. The highest BCUT2D eigenvalue weighted by molar-refractivity contribution is 7.21. The van der Waals surface area contributed by atoms with Crippen LogP contribution in [0.4, 0.5) is 4.39 Å². The standard InChI is InChI=1S/C19H13ClFN2S/c20-16-10-15(21)8-7-13(16)11-23-9-3-4-14(12-23)19-22-17-5-1-2-6-18(17)24-19/h1-10,12H,11H2/q+1. The van der Waals surface area contributed by atoms with Gasteiger partial charge in [0.05, 0.1) is 20.8 Å². The Bertz CT molecular complexity index is 996. The van der Waals surface area contributed by atoms with E-state index in [1.165, 1.54) is 16.8 Å². The van der Waals surface area contributed by atoms with Gasteiger partial charge in [-0.1, -0.05) is 23.7 Å². The van der Waals surface area contributed by atoms with E-state index in [0.717, 1.165) is 21.7 Å². The molecule has 0 radical (unpaired) electrons. The third-order valence-electron chi connectivity index (χ3n) is 3.77. The average Bonchev–Trinajstić information content (AvgIpc) is 3.02. The van der Waals surface area contributed by atoms with Crippen molar-refractivity contribution in [3.63, 3.8) is 0 Å². The molecule has 0 saturated carbocycles. The molecule has 5 heteroatoms. The van der Waals surface area contributed by atoms with Crippen LogP contribution in [-0.2, 0) is 6.54 Å². The molecular formula is C19H13ClFN2S+. The second kappa shape index (κ2) is 6.30. The molecule has 0 bridgehead atoms. The topological polar surface area (TPSA) is 16.8 Å². The summed E-state index contributed by atoms with van der Waals surface area (Å²) < 4.78 is 16.4. The molecule has 2 aromatic heterocycles. The molecule has 0 aliphatic heterocycles. The van der Waals surface area contributed by atoms with Gasteiger partial charge in [0.1, 0.15) is 10.8 Å². The molecule has 0 aliphatic rings. The maximum absolute atomic E-state index is 13.2. The molecule has 2 heterocycles. The molecule has 0 amide bonds. The van der Waals surface area contributed by atoms with Crippen molar-refractivity contribution in [2.75, 3.05) is 0 Å². The number of aromatic nitrogens is 2. The Kier molecular flexibility index (Phi) is 4.00. The van der Waals surface area contributed by atoms with E-state index < -0.39 is 0 Å². The number of nitrogens with zero attached hydrogens (tertiary/aromatic N) is 2. The first-order chi connectivity index (χ1) is 11.7. The zero-order valence-electron chi connectivity index (χ0n) is 12.6. The van der Waals surface area contributed by atoms with Crippen LogP contribution >= 0.6 is 22.9 Å². The minimum Gasteiger partial charge on any atom is -0.236 e. The first-order valence-electron chi connectivity index (χ1n) is 7.48. The van der Waals surface area contributed by atoms with Crippen LogP contribution in [0, 0.1) is 5.82 Å². The van der Waals surface area contributed by atoms with E-state index in [9.17, 15) is 4.39 Å². The molecule has 4 rings (SSSR count). The van der Waals surface area contributed by atoms with Crippen LogP contribution in [-0.4, -0.2) is 4.98 Å². The van der Waals surface area contributed by atoms with E-state index >= 15 is 0 Å². The van der Waals surface area contributed by atoms with Gasteiger partial charge in [-0.3, -0.25) is 0 Å². The van der Waals surface area contributed by atoms with Crippen molar-refractivity contribution in [3.8, 4) is 10.6 Å². The van der Waals surface area contributed by atoms with Gasteiger partial charge < -0.3 is 0 Å². The van der Waals surface area contributed by atoms with Gasteiger partial charge in [-0.05, 0) is 36.4 Å². The first kappa shape index (κ1) is 15.2. The number of hydrogen-bond donors (Lipinski definition) is 0. The van der Waals surface area contributed by atoms with Gasteiger partial charge in [-0.15, -0.1) is 11.3 Å². The van der Waals surface area contributed by atoms with Crippen molar-refractivity contribution in [2.45, 2.75) is 6.54 Å². The lowest BCUT2D eigenvalue weighted by Gasteiger charge is -2.02. The number of pyridine rings is 1. The van der Waals surface area contributed by atoms with Gasteiger partial charge in [-0.2, -0.15) is 0 Å². The van der Waals surface area contributed by atoms with Gasteiger partial charge in [0.15, 0.2) is 18.9 Å². The summed E-state index contributed by atoms with van der Waals surface area (Å²) in [7, 11) is 0. The summed E-state index contributed by atoms with van der Waals surface area (Å²) >= 11 is 7.80. The lowest BCUT2D eigenvalue weighted by molar-refractivity contribution is -0.687. The SMILES string of the molecule is Fc1ccc(C[n+]2cccc(-c3nc4ccccc4s3)c2)c(Cl)c1. The van der Waals surface area contributed by atoms with Crippen LogP contribution in [0.1, 0.15) is 5.56 Å². The minimum atomic E-state index is -0.322. The van der Waals surface area contributed by atoms with E-state index in [2.05, 4.69) is 11.1 Å². The number of rotatable bonds is 3. The van der Waals surface area contributed by atoms with E-state index in [-0.39, 0.29) is 5.82 Å². The molecule has 0 spiro atoms. The van der Waals surface area contributed by atoms with Crippen molar-refractivity contribution in [1.82, 2.24) is 4.98 Å². The Morgan fingerprint density at radius 3 is 2.79 bits per heavy atom. The van der Waals surface area contributed by atoms with Crippen LogP contribution in [0.3, 0.4) is 0 Å². The summed E-state index contributed by atoms with van der Waals surface area (Å²) in [6.45, 7) is 0.581. The fourth-order valence-corrected chi connectivity index (χ4v) is 3.77. The predicted molar refractivity (Wildman–Crippen MR) is 95.8 cm³/mol. The van der Waals surface area contributed by atoms with Crippen molar-refractivity contribution < 1.29 is 8.96 Å². The predicted octanol–water partition coefficient (Wildman–Crippen LogP) is 5.09. The van der Waals surface area contributed by atoms with E-state index in [4.69, 9.17) is 11.6 Å². The fraction of sp³-hybridized carbons (Fsp3) is 0.0526. The quantitative estimate of drug-likeness (QED) is 0.468. The molecule has 0 aliphatic carbocycles. The highest BCUT2D eigenvalue weighted by Gasteiger charge is 2.12. The zero-order valence-corrected chi connectivity index (χ0v) is 14.2. The van der Waals surface area contributed by atoms with Crippen LogP contribution in [0.2, 0.25) is 5.02 Å². The monoisotopic (exact) mass is 355 g/mol. The summed E-state index contributed by atoms with van der Waals surface area (Å²) in [6, 6.07) is 16.6. The average molecular weight is 356 g/mol. The van der Waals surface area contributed by atoms with Crippen molar-refractivity contribution >= 4 is 33.2 Å². The summed E-state index contributed by atoms with van der Waals surface area (Å²) in [5.74, 6) is -0.322. The Morgan fingerprint density at radius 1 is 1.08 bits per heavy atom. The van der Waals surface area contributed by atoms with Gasteiger partial charge >= 0.3 is 0 Å². The number of para-hydroxylation sites is 1. The number of hydrogen-bond acceptors (Lipinski definition) is 2. The molecule has 2 aromatic carbocycles. The molecule has 0 unspecified atom stereocenters. The maximum Gasteiger partial charge on any atom is 0.179 e. The molecule has 0 N–H and O–H groups in total. The van der Waals surface area contributed by atoms with Crippen LogP contribution in [0.15, 0.2) is 67.0 Å². The zero-order chi connectivity index (χ0) is 16.5. The lowest BCUT2D eigenvalue weighted by atomic mass is 10.2. The Labute approximate surface area is 147 Å². The summed E-state index contributed by atoms with van der Waals surface area (Å²) in [6.07, 6.45) is 4.01. The smallest absolute Gasteiger partial charge is 0.179 e. The molecule has 0 saturated heterocycles. The van der Waals surface area contributed by atoms with Gasteiger partial charge in [0, 0.05) is 11.6 Å². The first-order valence-corrected chi connectivity index (χ1v) is 8.67. The minimum absolute atomic E-state index is 0.322. The third kappa shape index (κ3) is 3.03. The van der Waals surface area contributed by atoms with E-state index in [0.29, 0.717) is 11.6 Å². The van der Waals surface area contributed by atoms with Crippen LogP contribution < -0.4 is 4.57 Å². The van der Waals surface area contributed by atoms with Crippen LogP contribution in [0.5, 0.6) is 0 Å². The van der Waals surface area contributed by atoms with Gasteiger partial charge in [0.2, 0.25) is 0 Å². The molecular weight excluding hydrogens is 343 g/mol. The highest BCUT2D eigenvalue weighted by Crippen LogP contribution is 2.29. The largest absolute Gasteiger partial charge is 0.236 e. The molecule has 2 nitrogen and oxygen atoms in total. The lowest BCUT2D eigenvalue weighted by Crippen LogP contribution is -2.33. The van der Waals surface area contributed by atoms with Gasteiger partial charge in [0.25, 0.3) is 0 Å². The molecule has 4 aromatic rings. The second-order valence-corrected chi connectivity index (χ2v) is 6.93. The Balaban J connectivity index is 1.68. The highest BCUT2D eigenvalue weighted by atomic mass is 35.5. The van der Waals surface area contributed by atoms with Crippen molar-refractivity contribution in [2.24, 2.45) is 0 Å². The van der Waals surface area contributed by atoms with E-state index in [1.54, 1.807) is 17.4 Å². The van der Waals surface area contributed by atoms with E-state index in [1.807, 2.05) is 47.3 Å².